The van der Waals surface area contributed by atoms with Gasteiger partial charge in [-0.15, -0.1) is 0 Å². The van der Waals surface area contributed by atoms with E-state index < -0.39 is 12.2 Å². The molecule has 2 heterocycles. The number of nitrogens with two attached hydrogens (primary N) is 1. The maximum atomic E-state index is 9.47. The van der Waals surface area contributed by atoms with Gasteiger partial charge in [0.15, 0.2) is 5.82 Å². The van der Waals surface area contributed by atoms with Gasteiger partial charge in [-0.1, -0.05) is 23.2 Å². The molecule has 0 radical (unpaired) electrons. The van der Waals surface area contributed by atoms with Gasteiger partial charge in [-0.05, 0) is 6.07 Å². The van der Waals surface area contributed by atoms with Crippen LogP contribution in [0.3, 0.4) is 0 Å². The van der Waals surface area contributed by atoms with Crippen molar-refractivity contribution in [1.82, 2.24) is 4.98 Å². The molecule has 0 saturated carbocycles. The van der Waals surface area contributed by atoms with Crippen LogP contribution in [0.15, 0.2) is 6.07 Å². The Balaban J connectivity index is 2.33. The third-order valence-corrected chi connectivity index (χ3v) is 3.17. The topological polar surface area (TPSA) is 94.6 Å². The molecule has 5 N–H and O–H groups in total. The van der Waals surface area contributed by atoms with Crippen molar-refractivity contribution in [1.29, 1.82) is 0 Å². The fourth-order valence-electron chi connectivity index (χ4n) is 1.72. The maximum absolute atomic E-state index is 9.47. The summed E-state index contributed by atoms with van der Waals surface area (Å²) in [5.74, 6) is 5.99. The molecule has 0 aromatic carbocycles. The zero-order valence-corrected chi connectivity index (χ0v) is 10.3. The largest absolute Gasteiger partial charge is 0.389 e. The molecule has 17 heavy (non-hydrogen) atoms. The van der Waals surface area contributed by atoms with Crippen molar-refractivity contribution in [3.63, 3.8) is 0 Å². The number of hydrogen-bond acceptors (Lipinski definition) is 6. The summed E-state index contributed by atoms with van der Waals surface area (Å²) < 4.78 is 0. The molecule has 1 aromatic heterocycles. The molecule has 1 saturated heterocycles. The first-order valence-corrected chi connectivity index (χ1v) is 5.72. The average Bonchev–Trinajstić information content (AvgIpc) is 2.59. The molecular formula is C9H12Cl2N4O2. The van der Waals surface area contributed by atoms with E-state index in [0.717, 1.165) is 0 Å². The molecule has 2 atom stereocenters. The number of nitrogens with one attached hydrogen (secondary N) is 1. The standard InChI is InChI=1S/C9H12Cl2N4O2/c10-4-1-5(11)9(13-8(4)14-12)15-2-6(16)7(17)3-15/h1,6-7,16-17H,2-3,12H2,(H,13,14). The van der Waals surface area contributed by atoms with Crippen molar-refractivity contribution in [2.75, 3.05) is 23.4 Å². The number of nitrogens with zero attached hydrogens (tertiary/aromatic N) is 2. The predicted molar refractivity (Wildman–Crippen MR) is 66.3 cm³/mol. The highest BCUT2D eigenvalue weighted by Crippen LogP contribution is 2.32. The minimum atomic E-state index is -0.808. The van der Waals surface area contributed by atoms with Gasteiger partial charge in [0.1, 0.15) is 5.82 Å². The average molecular weight is 279 g/mol. The molecular weight excluding hydrogens is 267 g/mol. The number of anilines is 2. The monoisotopic (exact) mass is 278 g/mol. The van der Waals surface area contributed by atoms with Gasteiger partial charge in [-0.3, -0.25) is 0 Å². The quantitative estimate of drug-likeness (QED) is 0.457. The Morgan fingerprint density at radius 1 is 1.29 bits per heavy atom. The van der Waals surface area contributed by atoms with Gasteiger partial charge < -0.3 is 20.5 Å². The van der Waals surface area contributed by atoms with Crippen LogP contribution in [0.25, 0.3) is 0 Å². The molecule has 0 spiro atoms. The van der Waals surface area contributed by atoms with Crippen LogP contribution >= 0.6 is 23.2 Å². The summed E-state index contributed by atoms with van der Waals surface area (Å²) in [6.07, 6.45) is -1.62. The molecule has 8 heteroatoms. The summed E-state index contributed by atoms with van der Waals surface area (Å²) in [5, 5.41) is 19.6. The smallest absolute Gasteiger partial charge is 0.161 e. The fourth-order valence-corrected chi connectivity index (χ4v) is 2.25. The normalized spacial score (nSPS) is 24.2. The van der Waals surface area contributed by atoms with Crippen molar-refractivity contribution in [2.24, 2.45) is 5.84 Å². The van der Waals surface area contributed by atoms with Crippen LogP contribution in [-0.2, 0) is 0 Å². The molecule has 2 unspecified atom stereocenters. The summed E-state index contributed by atoms with van der Waals surface area (Å²) in [4.78, 5) is 5.82. The summed E-state index contributed by atoms with van der Waals surface area (Å²) in [6.45, 7) is 0.527. The number of pyridine rings is 1. The van der Waals surface area contributed by atoms with Crippen LogP contribution in [0, 0.1) is 0 Å². The number of hydrogen-bond donors (Lipinski definition) is 4. The van der Waals surface area contributed by atoms with Crippen LogP contribution in [0.4, 0.5) is 11.6 Å². The Hall–Kier alpha value is -0.790. The first-order valence-electron chi connectivity index (χ1n) is 4.96. The van der Waals surface area contributed by atoms with E-state index >= 15 is 0 Å². The lowest BCUT2D eigenvalue weighted by atomic mass is 10.3. The Morgan fingerprint density at radius 3 is 2.41 bits per heavy atom. The van der Waals surface area contributed by atoms with Crippen LogP contribution in [-0.4, -0.2) is 40.5 Å². The van der Waals surface area contributed by atoms with Crippen LogP contribution in [0.5, 0.6) is 0 Å². The highest BCUT2D eigenvalue weighted by Gasteiger charge is 2.31. The number of nitrogen functional groups attached to an aromatic ring is 1. The van der Waals surface area contributed by atoms with Crippen molar-refractivity contribution in [3.8, 4) is 0 Å². The van der Waals surface area contributed by atoms with Gasteiger partial charge in [0, 0.05) is 13.1 Å². The number of halogens is 2. The molecule has 0 amide bonds. The fraction of sp³-hybridized carbons (Fsp3) is 0.444. The molecule has 6 nitrogen and oxygen atoms in total. The van der Waals surface area contributed by atoms with E-state index in [4.69, 9.17) is 29.0 Å². The lowest BCUT2D eigenvalue weighted by molar-refractivity contribution is 0.0572. The zero-order chi connectivity index (χ0) is 12.6. The zero-order valence-electron chi connectivity index (χ0n) is 8.77. The molecule has 1 aromatic rings. The minimum Gasteiger partial charge on any atom is -0.389 e. The lowest BCUT2D eigenvalue weighted by Gasteiger charge is -2.19. The van der Waals surface area contributed by atoms with Gasteiger partial charge in [0.25, 0.3) is 0 Å². The predicted octanol–water partition coefficient (Wildman–Crippen LogP) is 0.216. The van der Waals surface area contributed by atoms with Crippen molar-refractivity contribution < 1.29 is 10.2 Å². The molecule has 0 aliphatic carbocycles. The van der Waals surface area contributed by atoms with Crippen LogP contribution < -0.4 is 16.2 Å². The molecule has 1 aliphatic rings. The summed E-state index contributed by atoms with van der Waals surface area (Å²) in [7, 11) is 0. The Bertz CT molecular complexity index is 422. The summed E-state index contributed by atoms with van der Waals surface area (Å²) in [6, 6.07) is 1.51. The number of aliphatic hydroxyl groups excluding tert-OH is 2. The van der Waals surface area contributed by atoms with Gasteiger partial charge in [-0.25, -0.2) is 10.8 Å². The maximum Gasteiger partial charge on any atom is 0.161 e. The lowest BCUT2D eigenvalue weighted by Crippen LogP contribution is -2.23. The molecule has 1 aliphatic heterocycles. The molecule has 2 rings (SSSR count). The second kappa shape index (κ2) is 4.83. The van der Waals surface area contributed by atoms with Crippen LogP contribution in [0.1, 0.15) is 0 Å². The van der Waals surface area contributed by atoms with Crippen molar-refractivity contribution in [3.05, 3.63) is 16.1 Å². The highest BCUT2D eigenvalue weighted by molar-refractivity contribution is 6.37. The molecule has 94 valence electrons. The van der Waals surface area contributed by atoms with E-state index in [0.29, 0.717) is 21.7 Å². The number of aliphatic hydroxyl groups is 2. The molecule has 0 bridgehead atoms. The van der Waals surface area contributed by atoms with Crippen molar-refractivity contribution >= 4 is 34.8 Å². The SMILES string of the molecule is NNc1nc(N2CC(O)C(O)C2)c(Cl)cc1Cl. The van der Waals surface area contributed by atoms with E-state index in [2.05, 4.69) is 10.4 Å². The number of hydrazine groups is 1. The van der Waals surface area contributed by atoms with Gasteiger partial charge in [-0.2, -0.15) is 0 Å². The van der Waals surface area contributed by atoms with E-state index in [1.165, 1.54) is 6.07 Å². The third kappa shape index (κ3) is 2.41. The second-order valence-corrected chi connectivity index (χ2v) is 4.62. The Labute approximate surface area is 108 Å². The highest BCUT2D eigenvalue weighted by atomic mass is 35.5. The Kier molecular flexibility index (Phi) is 3.60. The van der Waals surface area contributed by atoms with Crippen LogP contribution in [0.2, 0.25) is 10.0 Å². The minimum absolute atomic E-state index is 0.263. The number of β-amino-alcohol motifs (C(OH)–C–C–N with tert-alkyl or cyclic N) is 2. The summed E-state index contributed by atoms with van der Waals surface area (Å²) >= 11 is 11.9. The van der Waals surface area contributed by atoms with Gasteiger partial charge in [0.2, 0.25) is 0 Å². The third-order valence-electron chi connectivity index (χ3n) is 2.61. The van der Waals surface area contributed by atoms with E-state index in [1.54, 1.807) is 4.90 Å². The first kappa shape index (κ1) is 12.7. The van der Waals surface area contributed by atoms with E-state index in [1.807, 2.05) is 0 Å². The number of rotatable bonds is 2. The van der Waals surface area contributed by atoms with E-state index in [-0.39, 0.29) is 13.1 Å². The van der Waals surface area contributed by atoms with Gasteiger partial charge >= 0.3 is 0 Å². The summed E-state index contributed by atoms with van der Waals surface area (Å²) in [5.41, 5.74) is 2.36. The molecule has 1 fully saturated rings. The van der Waals surface area contributed by atoms with E-state index in [9.17, 15) is 10.2 Å². The van der Waals surface area contributed by atoms with Gasteiger partial charge in [0.05, 0.1) is 22.3 Å². The van der Waals surface area contributed by atoms with Crippen molar-refractivity contribution in [2.45, 2.75) is 12.2 Å². The Morgan fingerprint density at radius 2 is 1.88 bits per heavy atom. The first-order chi connectivity index (χ1) is 8.02. The number of aromatic nitrogens is 1. The second-order valence-electron chi connectivity index (χ2n) is 3.81.